The Morgan fingerprint density at radius 3 is 2.50 bits per heavy atom. The number of para-hydroxylation sites is 1. The number of hydrogen-bond donors (Lipinski definition) is 2. The zero-order valence-electron chi connectivity index (χ0n) is 14.8. The lowest BCUT2D eigenvalue weighted by Crippen LogP contribution is -2.11. The molecule has 0 aliphatic carbocycles. The van der Waals surface area contributed by atoms with Gasteiger partial charge < -0.3 is 14.5 Å². The van der Waals surface area contributed by atoms with Crippen LogP contribution in [0.1, 0.15) is 26.7 Å². The Bertz CT molecular complexity index is 905. The molecule has 0 fully saturated rings. The summed E-state index contributed by atoms with van der Waals surface area (Å²) in [6, 6.07) is 9.11. The lowest BCUT2D eigenvalue weighted by Gasteiger charge is -2.16. The molecule has 0 saturated heterocycles. The minimum absolute atomic E-state index is 0.250. The maximum Gasteiger partial charge on any atom is 0.259 e. The van der Waals surface area contributed by atoms with Crippen LogP contribution in [0, 0.1) is 0 Å². The highest BCUT2D eigenvalue weighted by molar-refractivity contribution is 5.72. The van der Waals surface area contributed by atoms with Crippen LogP contribution in [0.4, 0.5) is 0 Å². The van der Waals surface area contributed by atoms with E-state index in [0.717, 1.165) is 18.4 Å². The number of aromatic nitrogens is 5. The van der Waals surface area contributed by atoms with Crippen LogP contribution < -0.4 is 15.0 Å². The Hall–Kier alpha value is -3.16. The summed E-state index contributed by atoms with van der Waals surface area (Å²) < 4.78 is 11.7. The van der Waals surface area contributed by atoms with Crippen molar-refractivity contribution in [3.05, 3.63) is 40.7 Å². The lowest BCUT2D eigenvalue weighted by atomic mass is 10.1. The molecule has 0 saturated carbocycles. The largest absolute Gasteiger partial charge is 0.490 e. The van der Waals surface area contributed by atoms with Gasteiger partial charge in [-0.05, 0) is 42.3 Å². The SMILES string of the molecule is CCCOc1cccc(-c2ccc(-c3nn[nH]n3)c(=O)[nH]2)c1OCCC. The van der Waals surface area contributed by atoms with Crippen molar-refractivity contribution in [3.8, 4) is 34.1 Å². The topological polar surface area (TPSA) is 106 Å². The smallest absolute Gasteiger partial charge is 0.259 e. The highest BCUT2D eigenvalue weighted by Crippen LogP contribution is 2.37. The summed E-state index contributed by atoms with van der Waals surface area (Å²) in [7, 11) is 0. The van der Waals surface area contributed by atoms with Crippen molar-refractivity contribution in [2.75, 3.05) is 13.2 Å². The molecule has 0 aliphatic rings. The average Bonchev–Trinajstić information content (AvgIpc) is 3.19. The predicted octanol–water partition coefficient (Wildman–Crippen LogP) is 2.80. The summed E-state index contributed by atoms with van der Waals surface area (Å²) in [6.45, 7) is 5.24. The average molecular weight is 355 g/mol. The fourth-order valence-electron chi connectivity index (χ4n) is 2.49. The normalized spacial score (nSPS) is 10.7. The molecule has 0 bridgehead atoms. The molecule has 0 amide bonds. The molecule has 8 nitrogen and oxygen atoms in total. The Morgan fingerprint density at radius 1 is 1.00 bits per heavy atom. The second-order valence-corrected chi connectivity index (χ2v) is 5.68. The van der Waals surface area contributed by atoms with Crippen LogP contribution >= 0.6 is 0 Å². The number of tetrazole rings is 1. The summed E-state index contributed by atoms with van der Waals surface area (Å²) in [4.78, 5) is 15.3. The Balaban J connectivity index is 2.02. The molecule has 0 unspecified atom stereocenters. The molecule has 3 rings (SSSR count). The van der Waals surface area contributed by atoms with Gasteiger partial charge in [-0.1, -0.05) is 19.9 Å². The molecule has 2 N–H and O–H groups in total. The summed E-state index contributed by atoms with van der Waals surface area (Å²) in [6.07, 6.45) is 1.77. The van der Waals surface area contributed by atoms with Crippen molar-refractivity contribution in [1.82, 2.24) is 25.6 Å². The van der Waals surface area contributed by atoms with Gasteiger partial charge in [-0.3, -0.25) is 4.79 Å². The number of hydrogen-bond acceptors (Lipinski definition) is 6. The summed E-state index contributed by atoms with van der Waals surface area (Å²) in [5, 5.41) is 13.5. The maximum atomic E-state index is 12.4. The molecule has 3 aromatic rings. The van der Waals surface area contributed by atoms with Gasteiger partial charge in [0.1, 0.15) is 0 Å². The first kappa shape index (κ1) is 17.7. The first-order valence-corrected chi connectivity index (χ1v) is 8.60. The monoisotopic (exact) mass is 355 g/mol. The zero-order chi connectivity index (χ0) is 18.4. The van der Waals surface area contributed by atoms with E-state index >= 15 is 0 Å². The molecule has 2 heterocycles. The van der Waals surface area contributed by atoms with Crippen molar-refractivity contribution in [1.29, 1.82) is 0 Å². The fourth-order valence-corrected chi connectivity index (χ4v) is 2.49. The Labute approximate surface area is 150 Å². The van der Waals surface area contributed by atoms with E-state index in [0.29, 0.717) is 36.0 Å². The van der Waals surface area contributed by atoms with Gasteiger partial charge >= 0.3 is 0 Å². The Morgan fingerprint density at radius 2 is 1.81 bits per heavy atom. The van der Waals surface area contributed by atoms with E-state index in [1.807, 2.05) is 32.0 Å². The minimum atomic E-state index is -0.301. The molecule has 26 heavy (non-hydrogen) atoms. The molecule has 2 aromatic heterocycles. The van der Waals surface area contributed by atoms with Crippen LogP contribution in [0.15, 0.2) is 35.1 Å². The van der Waals surface area contributed by atoms with Crippen LogP contribution in [0.25, 0.3) is 22.6 Å². The molecular formula is C18H21N5O3. The van der Waals surface area contributed by atoms with E-state index < -0.39 is 0 Å². The lowest BCUT2D eigenvalue weighted by molar-refractivity contribution is 0.269. The molecule has 0 spiro atoms. The Kier molecular flexibility index (Phi) is 5.62. The van der Waals surface area contributed by atoms with Crippen molar-refractivity contribution < 1.29 is 9.47 Å². The number of H-pyrrole nitrogens is 2. The zero-order valence-corrected chi connectivity index (χ0v) is 14.8. The summed E-state index contributed by atoms with van der Waals surface area (Å²) in [5.74, 6) is 1.55. The van der Waals surface area contributed by atoms with Crippen LogP contribution in [-0.4, -0.2) is 38.8 Å². The number of nitrogens with zero attached hydrogens (tertiary/aromatic N) is 3. The van der Waals surface area contributed by atoms with E-state index in [-0.39, 0.29) is 11.4 Å². The van der Waals surface area contributed by atoms with E-state index in [1.165, 1.54) is 0 Å². The highest BCUT2D eigenvalue weighted by atomic mass is 16.5. The second-order valence-electron chi connectivity index (χ2n) is 5.68. The third-order valence-corrected chi connectivity index (χ3v) is 3.68. The van der Waals surface area contributed by atoms with Crippen LogP contribution in [-0.2, 0) is 0 Å². The number of ether oxygens (including phenoxy) is 2. The molecule has 136 valence electrons. The molecule has 1 aromatic carbocycles. The van der Waals surface area contributed by atoms with Gasteiger partial charge in [-0.25, -0.2) is 0 Å². The van der Waals surface area contributed by atoms with Gasteiger partial charge in [0.15, 0.2) is 11.5 Å². The van der Waals surface area contributed by atoms with Gasteiger partial charge in [0.05, 0.1) is 24.5 Å². The van der Waals surface area contributed by atoms with Crippen molar-refractivity contribution in [2.45, 2.75) is 26.7 Å². The highest BCUT2D eigenvalue weighted by Gasteiger charge is 2.15. The maximum absolute atomic E-state index is 12.4. The van der Waals surface area contributed by atoms with Crippen LogP contribution in [0.5, 0.6) is 11.5 Å². The third-order valence-electron chi connectivity index (χ3n) is 3.68. The van der Waals surface area contributed by atoms with Crippen LogP contribution in [0.3, 0.4) is 0 Å². The molecule has 8 heteroatoms. The first-order valence-electron chi connectivity index (χ1n) is 8.60. The van der Waals surface area contributed by atoms with E-state index in [2.05, 4.69) is 25.6 Å². The number of aromatic amines is 2. The van der Waals surface area contributed by atoms with Crippen molar-refractivity contribution >= 4 is 0 Å². The van der Waals surface area contributed by atoms with Crippen molar-refractivity contribution in [2.24, 2.45) is 0 Å². The molecule has 0 atom stereocenters. The van der Waals surface area contributed by atoms with Gasteiger partial charge in [-0.15, -0.1) is 10.2 Å². The quantitative estimate of drug-likeness (QED) is 0.643. The number of benzene rings is 1. The summed E-state index contributed by atoms with van der Waals surface area (Å²) in [5.41, 5.74) is 1.45. The third kappa shape index (κ3) is 3.74. The van der Waals surface area contributed by atoms with E-state index in [1.54, 1.807) is 12.1 Å². The number of nitrogens with one attached hydrogen (secondary N) is 2. The summed E-state index contributed by atoms with van der Waals surface area (Å²) >= 11 is 0. The van der Waals surface area contributed by atoms with Gasteiger partial charge in [0.2, 0.25) is 5.82 Å². The molecular weight excluding hydrogens is 334 g/mol. The molecule has 0 radical (unpaired) electrons. The standard InChI is InChI=1S/C18H21N5O3/c1-3-10-25-15-7-5-6-12(16(15)26-11-4-2)14-9-8-13(18(24)19-14)17-20-22-23-21-17/h5-9H,3-4,10-11H2,1-2H3,(H,19,24)(H,20,21,22,23). The van der Waals surface area contributed by atoms with E-state index in [9.17, 15) is 4.79 Å². The molecule has 0 aliphatic heterocycles. The van der Waals surface area contributed by atoms with Gasteiger partial charge in [0, 0.05) is 5.56 Å². The van der Waals surface area contributed by atoms with Gasteiger partial charge in [-0.2, -0.15) is 5.21 Å². The van der Waals surface area contributed by atoms with Crippen LogP contribution in [0.2, 0.25) is 0 Å². The fraction of sp³-hybridized carbons (Fsp3) is 0.333. The number of rotatable bonds is 8. The first-order chi connectivity index (χ1) is 12.7. The van der Waals surface area contributed by atoms with Gasteiger partial charge in [0.25, 0.3) is 5.56 Å². The predicted molar refractivity (Wildman–Crippen MR) is 97.2 cm³/mol. The minimum Gasteiger partial charge on any atom is -0.490 e. The van der Waals surface area contributed by atoms with Crippen molar-refractivity contribution in [3.63, 3.8) is 0 Å². The number of pyridine rings is 1. The second kappa shape index (κ2) is 8.28. The van der Waals surface area contributed by atoms with E-state index in [4.69, 9.17) is 9.47 Å².